The Hall–Kier alpha value is -1.84. The third kappa shape index (κ3) is 2.74. The van der Waals surface area contributed by atoms with Gasteiger partial charge in [0.2, 0.25) is 0 Å². The largest absolute Gasteiger partial charge is 0.477 e. The third-order valence-electron chi connectivity index (χ3n) is 5.20. The maximum atomic E-state index is 11.3. The van der Waals surface area contributed by atoms with Crippen LogP contribution < -0.4 is 0 Å². The highest BCUT2D eigenvalue weighted by molar-refractivity contribution is 6.13. The van der Waals surface area contributed by atoms with Crippen molar-refractivity contribution in [2.75, 3.05) is 0 Å². The minimum Gasteiger partial charge on any atom is -0.477 e. The standard InChI is InChI=1S/C18H24O4/c1-10(2)12-5-7-18(4)8-6-13(11(3)14(18)9-12)15(16(19)20)17(21)22/h9-10H,5-8H2,1-4H3,(H,19,20)(H,21,22). The Balaban J connectivity index is 2.66. The highest BCUT2D eigenvalue weighted by atomic mass is 16.4. The first-order valence-electron chi connectivity index (χ1n) is 7.79. The molecule has 0 saturated carbocycles. The molecular weight excluding hydrogens is 280 g/mol. The summed E-state index contributed by atoms with van der Waals surface area (Å²) in [5.41, 5.74) is 3.37. The van der Waals surface area contributed by atoms with Crippen LogP contribution in [0.5, 0.6) is 0 Å². The van der Waals surface area contributed by atoms with Gasteiger partial charge in [0, 0.05) is 0 Å². The lowest BCUT2D eigenvalue weighted by molar-refractivity contribution is -0.140. The van der Waals surface area contributed by atoms with Crippen molar-refractivity contribution in [1.82, 2.24) is 0 Å². The smallest absolute Gasteiger partial charge is 0.343 e. The quantitative estimate of drug-likeness (QED) is 0.470. The van der Waals surface area contributed by atoms with E-state index < -0.39 is 17.5 Å². The fourth-order valence-electron chi connectivity index (χ4n) is 3.68. The molecule has 0 saturated heterocycles. The Morgan fingerprint density at radius 1 is 1.14 bits per heavy atom. The lowest BCUT2D eigenvalue weighted by atomic mass is 9.63. The van der Waals surface area contributed by atoms with Crippen LogP contribution in [0.2, 0.25) is 0 Å². The number of rotatable bonds is 3. The van der Waals surface area contributed by atoms with Gasteiger partial charge in [0.1, 0.15) is 5.57 Å². The molecule has 4 nitrogen and oxygen atoms in total. The molecule has 1 atom stereocenters. The molecule has 2 aliphatic rings. The van der Waals surface area contributed by atoms with Gasteiger partial charge in [-0.05, 0) is 60.7 Å². The molecule has 2 rings (SSSR count). The van der Waals surface area contributed by atoms with Crippen molar-refractivity contribution < 1.29 is 19.8 Å². The third-order valence-corrected chi connectivity index (χ3v) is 5.20. The summed E-state index contributed by atoms with van der Waals surface area (Å²) in [7, 11) is 0. The molecule has 0 aliphatic heterocycles. The van der Waals surface area contributed by atoms with Crippen LogP contribution in [0.15, 0.2) is 33.9 Å². The second-order valence-electron chi connectivity index (χ2n) is 6.94. The van der Waals surface area contributed by atoms with Crippen molar-refractivity contribution in [3.63, 3.8) is 0 Å². The van der Waals surface area contributed by atoms with E-state index in [-0.39, 0.29) is 5.41 Å². The molecule has 0 amide bonds. The van der Waals surface area contributed by atoms with Crippen LogP contribution >= 0.6 is 0 Å². The van der Waals surface area contributed by atoms with Crippen LogP contribution in [-0.2, 0) is 9.59 Å². The summed E-state index contributed by atoms with van der Waals surface area (Å²) in [5.74, 6) is -2.25. The molecule has 0 heterocycles. The summed E-state index contributed by atoms with van der Waals surface area (Å²) in [6.45, 7) is 8.39. The van der Waals surface area contributed by atoms with Crippen LogP contribution in [0.25, 0.3) is 0 Å². The molecule has 0 aromatic rings. The van der Waals surface area contributed by atoms with Crippen LogP contribution in [-0.4, -0.2) is 22.2 Å². The monoisotopic (exact) mass is 304 g/mol. The molecule has 0 bridgehead atoms. The van der Waals surface area contributed by atoms with E-state index in [0.29, 0.717) is 17.9 Å². The van der Waals surface area contributed by atoms with Crippen molar-refractivity contribution in [3.8, 4) is 0 Å². The number of hydrogen-bond donors (Lipinski definition) is 2. The van der Waals surface area contributed by atoms with E-state index >= 15 is 0 Å². The highest BCUT2D eigenvalue weighted by Gasteiger charge is 2.38. The van der Waals surface area contributed by atoms with Crippen LogP contribution in [0.4, 0.5) is 0 Å². The minimum absolute atomic E-state index is 0.0358. The number of aliphatic carboxylic acids is 2. The average molecular weight is 304 g/mol. The van der Waals surface area contributed by atoms with Gasteiger partial charge in [0.25, 0.3) is 0 Å². The predicted molar refractivity (Wildman–Crippen MR) is 84.5 cm³/mol. The van der Waals surface area contributed by atoms with Crippen molar-refractivity contribution in [1.29, 1.82) is 0 Å². The van der Waals surface area contributed by atoms with E-state index in [1.54, 1.807) is 0 Å². The SMILES string of the molecule is CC1=C2C=C(C(C)C)CCC2(C)CCC1=C(C(=O)O)C(=O)O. The van der Waals surface area contributed by atoms with E-state index in [1.165, 1.54) is 5.57 Å². The fourth-order valence-corrected chi connectivity index (χ4v) is 3.68. The maximum Gasteiger partial charge on any atom is 0.343 e. The molecule has 0 spiro atoms. The summed E-state index contributed by atoms with van der Waals surface area (Å²) < 4.78 is 0. The van der Waals surface area contributed by atoms with Crippen molar-refractivity contribution in [2.24, 2.45) is 11.3 Å². The zero-order valence-corrected chi connectivity index (χ0v) is 13.7. The van der Waals surface area contributed by atoms with Crippen LogP contribution in [0.1, 0.15) is 53.4 Å². The fraction of sp³-hybridized carbons (Fsp3) is 0.556. The molecule has 1 unspecified atom stereocenters. The van der Waals surface area contributed by atoms with Gasteiger partial charge in [0.15, 0.2) is 0 Å². The summed E-state index contributed by atoms with van der Waals surface area (Å²) >= 11 is 0. The Morgan fingerprint density at radius 2 is 1.68 bits per heavy atom. The maximum absolute atomic E-state index is 11.3. The topological polar surface area (TPSA) is 74.6 Å². The first kappa shape index (κ1) is 16.5. The van der Waals surface area contributed by atoms with Gasteiger partial charge in [-0.1, -0.05) is 32.4 Å². The number of hydrogen-bond acceptors (Lipinski definition) is 2. The summed E-state index contributed by atoms with van der Waals surface area (Å²) in [4.78, 5) is 22.6. The minimum atomic E-state index is -1.35. The number of carboxylic acid groups (broad SMARTS) is 2. The van der Waals surface area contributed by atoms with Gasteiger partial charge in [0.05, 0.1) is 0 Å². The van der Waals surface area contributed by atoms with Crippen molar-refractivity contribution >= 4 is 11.9 Å². The molecule has 0 aromatic carbocycles. The van der Waals surface area contributed by atoms with E-state index in [0.717, 1.165) is 30.4 Å². The molecule has 120 valence electrons. The van der Waals surface area contributed by atoms with Crippen LogP contribution in [0.3, 0.4) is 0 Å². The van der Waals surface area contributed by atoms with Gasteiger partial charge in [-0.15, -0.1) is 0 Å². The first-order valence-corrected chi connectivity index (χ1v) is 7.79. The Morgan fingerprint density at radius 3 is 2.18 bits per heavy atom. The summed E-state index contributed by atoms with van der Waals surface area (Å²) in [6, 6.07) is 0. The average Bonchev–Trinajstić information content (AvgIpc) is 2.40. The van der Waals surface area contributed by atoms with Crippen molar-refractivity contribution in [3.05, 3.63) is 33.9 Å². The van der Waals surface area contributed by atoms with Gasteiger partial charge in [-0.2, -0.15) is 0 Å². The Bertz CT molecular complexity index is 603. The molecule has 0 aromatic heterocycles. The zero-order valence-electron chi connectivity index (χ0n) is 13.7. The molecule has 0 fully saturated rings. The van der Waals surface area contributed by atoms with E-state index in [1.807, 2.05) is 6.92 Å². The zero-order chi connectivity index (χ0) is 16.7. The van der Waals surface area contributed by atoms with Crippen molar-refractivity contribution in [2.45, 2.75) is 53.4 Å². The normalized spacial score (nSPS) is 25.0. The number of carbonyl (C=O) groups is 2. The van der Waals surface area contributed by atoms with Gasteiger partial charge < -0.3 is 10.2 Å². The van der Waals surface area contributed by atoms with E-state index in [9.17, 15) is 19.8 Å². The Labute approximate surface area is 131 Å². The lowest BCUT2D eigenvalue weighted by Gasteiger charge is -2.42. The van der Waals surface area contributed by atoms with Crippen LogP contribution in [0, 0.1) is 11.3 Å². The second-order valence-corrected chi connectivity index (χ2v) is 6.94. The summed E-state index contributed by atoms with van der Waals surface area (Å²) in [6.07, 6.45) is 5.62. The summed E-state index contributed by atoms with van der Waals surface area (Å²) in [5, 5.41) is 18.5. The van der Waals surface area contributed by atoms with E-state index in [4.69, 9.17) is 0 Å². The molecule has 2 aliphatic carbocycles. The molecule has 0 radical (unpaired) electrons. The van der Waals surface area contributed by atoms with Gasteiger partial charge in [-0.3, -0.25) is 0 Å². The lowest BCUT2D eigenvalue weighted by Crippen LogP contribution is -2.29. The second kappa shape index (κ2) is 5.75. The highest BCUT2D eigenvalue weighted by Crippen LogP contribution is 2.51. The van der Waals surface area contributed by atoms with Gasteiger partial charge >= 0.3 is 11.9 Å². The first-order chi connectivity index (χ1) is 10.2. The number of fused-ring (bicyclic) bond motifs is 1. The Kier molecular flexibility index (Phi) is 4.32. The van der Waals surface area contributed by atoms with Gasteiger partial charge in [-0.25, -0.2) is 9.59 Å². The predicted octanol–water partition coefficient (Wildman–Crippen LogP) is 3.95. The number of carboxylic acids is 2. The van der Waals surface area contributed by atoms with E-state index in [2.05, 4.69) is 26.8 Å². The molecule has 22 heavy (non-hydrogen) atoms. The number of allylic oxidation sites excluding steroid dienone is 5. The molecule has 2 N–H and O–H groups in total. The molecule has 4 heteroatoms. The molecular formula is C18H24O4.